The Labute approximate surface area is 148 Å². The number of nitrogens with zero attached hydrogens (tertiary/aromatic N) is 2. The van der Waals surface area contributed by atoms with Gasteiger partial charge in [0.15, 0.2) is 0 Å². The predicted octanol–water partition coefficient (Wildman–Crippen LogP) is 4.65. The first kappa shape index (κ1) is 16.7. The summed E-state index contributed by atoms with van der Waals surface area (Å²) in [6.45, 7) is 1.99. The van der Waals surface area contributed by atoms with E-state index in [4.69, 9.17) is 23.2 Å². The molecule has 0 atom stereocenters. The van der Waals surface area contributed by atoms with Crippen molar-refractivity contribution in [1.82, 2.24) is 9.78 Å². The van der Waals surface area contributed by atoms with Gasteiger partial charge in [0.2, 0.25) is 11.7 Å². The largest absolute Gasteiger partial charge is 0.493 e. The van der Waals surface area contributed by atoms with Crippen molar-refractivity contribution in [2.24, 2.45) is 7.05 Å². The second-order valence-electron chi connectivity index (χ2n) is 5.48. The van der Waals surface area contributed by atoms with Gasteiger partial charge < -0.3 is 5.11 Å². The normalized spacial score (nSPS) is 14.3. The molecule has 0 spiro atoms. The molecule has 3 rings (SSSR count). The minimum atomic E-state index is -0.308. The van der Waals surface area contributed by atoms with Gasteiger partial charge in [-0.05, 0) is 30.7 Å². The van der Waals surface area contributed by atoms with Gasteiger partial charge in [0, 0.05) is 23.4 Å². The van der Waals surface area contributed by atoms with Crippen molar-refractivity contribution in [3.05, 3.63) is 39.0 Å². The van der Waals surface area contributed by atoms with Crippen molar-refractivity contribution in [3.8, 4) is 5.88 Å². The van der Waals surface area contributed by atoms with Crippen LogP contribution < -0.4 is 0 Å². The third kappa shape index (κ3) is 2.97. The molecule has 1 aromatic heterocycles. The number of ketones is 1. The van der Waals surface area contributed by atoms with Gasteiger partial charge in [0.25, 0.3) is 0 Å². The minimum absolute atomic E-state index is 0.118. The Bertz CT molecular complexity index is 785. The Morgan fingerprint density at radius 3 is 2.74 bits per heavy atom. The lowest BCUT2D eigenvalue weighted by Gasteiger charge is -2.10. The third-order valence-electron chi connectivity index (χ3n) is 3.82. The SMILES string of the molecule is CCSc1c(Cl)ccc(C(=O)c2c(C3CC3)nn(C)c2O)c1Cl. The maximum Gasteiger partial charge on any atom is 0.220 e. The van der Waals surface area contributed by atoms with Crippen molar-refractivity contribution in [1.29, 1.82) is 0 Å². The molecular weight excluding hydrogens is 355 g/mol. The van der Waals surface area contributed by atoms with Crippen LogP contribution in [0.3, 0.4) is 0 Å². The number of rotatable bonds is 5. The Morgan fingerprint density at radius 1 is 1.43 bits per heavy atom. The molecule has 1 fully saturated rings. The molecule has 1 aliphatic rings. The van der Waals surface area contributed by atoms with Gasteiger partial charge in [0.05, 0.1) is 15.7 Å². The number of halogens is 2. The zero-order chi connectivity index (χ0) is 16.7. The predicted molar refractivity (Wildman–Crippen MR) is 93.1 cm³/mol. The van der Waals surface area contributed by atoms with E-state index in [1.54, 1.807) is 19.2 Å². The summed E-state index contributed by atoms with van der Waals surface area (Å²) in [5.41, 5.74) is 1.26. The van der Waals surface area contributed by atoms with E-state index in [1.165, 1.54) is 16.4 Å². The molecule has 122 valence electrons. The molecule has 0 radical (unpaired) electrons. The lowest BCUT2D eigenvalue weighted by Crippen LogP contribution is -2.05. The Balaban J connectivity index is 2.10. The number of carbonyl (C=O) groups is 1. The number of thioether (sulfide) groups is 1. The summed E-state index contributed by atoms with van der Waals surface area (Å²) in [4.78, 5) is 13.7. The van der Waals surface area contributed by atoms with E-state index in [0.717, 1.165) is 18.6 Å². The quantitative estimate of drug-likeness (QED) is 0.614. The van der Waals surface area contributed by atoms with Gasteiger partial charge in [-0.2, -0.15) is 5.10 Å². The van der Waals surface area contributed by atoms with Gasteiger partial charge in [-0.1, -0.05) is 30.1 Å². The van der Waals surface area contributed by atoms with Gasteiger partial charge in [-0.15, -0.1) is 11.8 Å². The fourth-order valence-electron chi connectivity index (χ4n) is 2.51. The van der Waals surface area contributed by atoms with E-state index in [9.17, 15) is 9.90 Å². The molecule has 0 unspecified atom stereocenters. The van der Waals surface area contributed by atoms with E-state index >= 15 is 0 Å². The molecule has 0 bridgehead atoms. The lowest BCUT2D eigenvalue weighted by atomic mass is 10.0. The van der Waals surface area contributed by atoms with Crippen LogP contribution in [-0.4, -0.2) is 26.4 Å². The first-order chi connectivity index (χ1) is 11.0. The standard InChI is InChI=1S/C16H16Cl2N2O2S/c1-3-23-15-10(17)7-6-9(12(15)18)14(21)11-13(8-4-5-8)19-20(2)16(11)22/h6-8,22H,3-5H2,1-2H3. The van der Waals surface area contributed by atoms with Crippen LogP contribution in [0, 0.1) is 0 Å². The van der Waals surface area contributed by atoms with Crippen LogP contribution in [0.5, 0.6) is 5.88 Å². The zero-order valence-corrected chi connectivity index (χ0v) is 15.1. The second kappa shape index (κ2) is 6.38. The number of carbonyl (C=O) groups excluding carboxylic acids is 1. The molecule has 1 saturated carbocycles. The minimum Gasteiger partial charge on any atom is -0.493 e. The zero-order valence-electron chi connectivity index (χ0n) is 12.8. The molecule has 0 aliphatic heterocycles. The summed E-state index contributed by atoms with van der Waals surface area (Å²) in [5.74, 6) is 0.615. The Morgan fingerprint density at radius 2 is 2.13 bits per heavy atom. The smallest absolute Gasteiger partial charge is 0.220 e. The van der Waals surface area contributed by atoms with Crippen molar-refractivity contribution in [2.45, 2.75) is 30.6 Å². The monoisotopic (exact) mass is 370 g/mol. The highest BCUT2D eigenvalue weighted by atomic mass is 35.5. The summed E-state index contributed by atoms with van der Waals surface area (Å²) >= 11 is 14.1. The Hall–Kier alpha value is -1.17. The van der Waals surface area contributed by atoms with Crippen LogP contribution in [0.25, 0.3) is 0 Å². The van der Waals surface area contributed by atoms with E-state index in [1.807, 2.05) is 6.92 Å². The fourth-order valence-corrected chi connectivity index (χ4v) is 4.03. The van der Waals surface area contributed by atoms with Crippen molar-refractivity contribution < 1.29 is 9.90 Å². The first-order valence-corrected chi connectivity index (χ1v) is 9.11. The number of benzene rings is 1. The molecule has 4 nitrogen and oxygen atoms in total. The van der Waals surface area contributed by atoms with Crippen molar-refractivity contribution in [3.63, 3.8) is 0 Å². The van der Waals surface area contributed by atoms with Crippen LogP contribution >= 0.6 is 35.0 Å². The number of aryl methyl sites for hydroxylation is 1. The maximum atomic E-state index is 13.0. The highest BCUT2D eigenvalue weighted by Crippen LogP contribution is 2.44. The average molecular weight is 371 g/mol. The lowest BCUT2D eigenvalue weighted by molar-refractivity contribution is 0.103. The molecule has 1 aromatic carbocycles. The molecule has 0 saturated heterocycles. The number of hydrogen-bond acceptors (Lipinski definition) is 4. The van der Waals surface area contributed by atoms with Crippen LogP contribution in [0.15, 0.2) is 17.0 Å². The van der Waals surface area contributed by atoms with Crippen LogP contribution in [0.4, 0.5) is 0 Å². The molecule has 1 aliphatic carbocycles. The highest BCUT2D eigenvalue weighted by Gasteiger charge is 2.35. The summed E-state index contributed by atoms with van der Waals surface area (Å²) in [6.07, 6.45) is 1.98. The molecule has 2 aromatic rings. The Kier molecular flexibility index (Phi) is 4.63. The van der Waals surface area contributed by atoms with E-state index in [-0.39, 0.29) is 23.1 Å². The molecule has 1 N–H and O–H groups in total. The summed E-state index contributed by atoms with van der Waals surface area (Å²) in [7, 11) is 1.62. The summed E-state index contributed by atoms with van der Waals surface area (Å²) < 4.78 is 1.34. The topological polar surface area (TPSA) is 55.1 Å². The molecule has 1 heterocycles. The maximum absolute atomic E-state index is 13.0. The molecular formula is C16H16Cl2N2O2S. The second-order valence-corrected chi connectivity index (χ2v) is 7.54. The molecule has 23 heavy (non-hydrogen) atoms. The van der Waals surface area contributed by atoms with Crippen molar-refractivity contribution in [2.75, 3.05) is 5.75 Å². The average Bonchev–Trinajstić information content (AvgIpc) is 3.30. The van der Waals surface area contributed by atoms with Crippen LogP contribution in [0.1, 0.15) is 47.3 Å². The fraction of sp³-hybridized carbons (Fsp3) is 0.375. The van der Waals surface area contributed by atoms with E-state index < -0.39 is 0 Å². The summed E-state index contributed by atoms with van der Waals surface area (Å²) in [5, 5.41) is 15.4. The number of aromatic hydroxyl groups is 1. The van der Waals surface area contributed by atoms with E-state index in [2.05, 4.69) is 5.10 Å². The molecule has 0 amide bonds. The van der Waals surface area contributed by atoms with Gasteiger partial charge in [0.1, 0.15) is 5.56 Å². The first-order valence-electron chi connectivity index (χ1n) is 7.37. The van der Waals surface area contributed by atoms with Crippen LogP contribution in [-0.2, 0) is 7.05 Å². The highest BCUT2D eigenvalue weighted by molar-refractivity contribution is 7.99. The number of hydrogen-bond donors (Lipinski definition) is 1. The van der Waals surface area contributed by atoms with Crippen LogP contribution in [0.2, 0.25) is 10.0 Å². The number of aromatic nitrogens is 2. The summed E-state index contributed by atoms with van der Waals surface area (Å²) in [6, 6.07) is 3.28. The van der Waals surface area contributed by atoms with E-state index in [0.29, 0.717) is 26.2 Å². The van der Waals surface area contributed by atoms with Gasteiger partial charge in [-0.25, -0.2) is 4.68 Å². The third-order valence-corrected chi connectivity index (χ3v) is 5.75. The molecule has 7 heteroatoms. The van der Waals surface area contributed by atoms with Gasteiger partial charge >= 0.3 is 0 Å². The van der Waals surface area contributed by atoms with Crippen molar-refractivity contribution >= 4 is 40.7 Å². The van der Waals surface area contributed by atoms with Gasteiger partial charge in [-0.3, -0.25) is 4.79 Å².